The lowest BCUT2D eigenvalue weighted by Crippen LogP contribution is -2.35. The van der Waals surface area contributed by atoms with Crippen molar-refractivity contribution in [3.05, 3.63) is 34.4 Å². The van der Waals surface area contributed by atoms with Crippen LogP contribution in [0.1, 0.15) is 28.0 Å². The van der Waals surface area contributed by atoms with Crippen LogP contribution in [0.2, 0.25) is 0 Å². The van der Waals surface area contributed by atoms with Crippen LogP contribution in [0.25, 0.3) is 0 Å². The number of rotatable bonds is 3. The second-order valence-electron chi connectivity index (χ2n) is 5.24. The first-order valence-corrected chi connectivity index (χ1v) is 8.48. The number of pyridine rings is 1. The Morgan fingerprint density at radius 1 is 1.43 bits per heavy atom. The van der Waals surface area contributed by atoms with Crippen molar-refractivity contribution in [2.24, 2.45) is 0 Å². The summed E-state index contributed by atoms with van der Waals surface area (Å²) in [7, 11) is -1.72. The van der Waals surface area contributed by atoms with Gasteiger partial charge in [0, 0.05) is 11.1 Å². The van der Waals surface area contributed by atoms with Gasteiger partial charge in [-0.05, 0) is 37.0 Å². The van der Waals surface area contributed by atoms with Crippen molar-refractivity contribution in [1.29, 1.82) is 0 Å². The van der Waals surface area contributed by atoms with E-state index in [4.69, 9.17) is 4.74 Å². The number of ether oxygens (including phenoxy) is 1. The standard InChI is InChI=1S/C14H16N2O4S/c1-20-14-11(7-9-3-2-4-12(9)16-14)13(17)15-10-5-6-21(18,19)8-10/h5-7,10H,2-4,8H2,1H3,(H,15,17). The molecule has 0 fully saturated rings. The highest BCUT2D eigenvalue weighted by Gasteiger charge is 2.26. The summed E-state index contributed by atoms with van der Waals surface area (Å²) >= 11 is 0. The molecule has 0 saturated heterocycles. The number of aromatic nitrogens is 1. The number of fused-ring (bicyclic) bond motifs is 1. The van der Waals surface area contributed by atoms with Crippen LogP contribution in [-0.2, 0) is 22.7 Å². The summed E-state index contributed by atoms with van der Waals surface area (Å²) < 4.78 is 27.9. The average Bonchev–Trinajstić information content (AvgIpc) is 3.02. The van der Waals surface area contributed by atoms with E-state index in [2.05, 4.69) is 10.3 Å². The minimum Gasteiger partial charge on any atom is -0.480 e. The van der Waals surface area contributed by atoms with E-state index in [1.807, 2.05) is 0 Å². The van der Waals surface area contributed by atoms with Gasteiger partial charge in [0.25, 0.3) is 5.91 Å². The molecule has 1 N–H and O–H groups in total. The monoisotopic (exact) mass is 308 g/mol. The molecule has 112 valence electrons. The summed E-state index contributed by atoms with van der Waals surface area (Å²) in [4.78, 5) is 16.7. The highest BCUT2D eigenvalue weighted by atomic mass is 32.2. The minimum atomic E-state index is -3.19. The summed E-state index contributed by atoms with van der Waals surface area (Å²) in [5.74, 6) is -0.168. The third-order valence-corrected chi connectivity index (χ3v) is 5.10. The molecule has 2 heterocycles. The molecular weight excluding hydrogens is 292 g/mol. The van der Waals surface area contributed by atoms with Crippen molar-refractivity contribution in [2.75, 3.05) is 12.9 Å². The van der Waals surface area contributed by atoms with Gasteiger partial charge in [-0.25, -0.2) is 13.4 Å². The number of sulfone groups is 1. The normalized spacial score (nSPS) is 22.0. The molecule has 2 aliphatic rings. The molecule has 1 aromatic heterocycles. The van der Waals surface area contributed by atoms with Crippen molar-refractivity contribution >= 4 is 15.7 Å². The predicted octanol–water partition coefficient (Wildman–Crippen LogP) is 0.619. The van der Waals surface area contributed by atoms with Crippen LogP contribution < -0.4 is 10.1 Å². The second-order valence-corrected chi connectivity index (χ2v) is 7.17. The Morgan fingerprint density at radius 3 is 2.90 bits per heavy atom. The number of hydrogen-bond acceptors (Lipinski definition) is 5. The maximum absolute atomic E-state index is 12.3. The molecule has 1 aromatic rings. The first-order valence-electron chi connectivity index (χ1n) is 6.77. The smallest absolute Gasteiger partial charge is 0.257 e. The van der Waals surface area contributed by atoms with Crippen LogP contribution in [0.15, 0.2) is 17.6 Å². The predicted molar refractivity (Wildman–Crippen MR) is 77.0 cm³/mol. The van der Waals surface area contributed by atoms with Gasteiger partial charge in [0.15, 0.2) is 9.84 Å². The van der Waals surface area contributed by atoms with E-state index in [0.29, 0.717) is 5.56 Å². The topological polar surface area (TPSA) is 85.4 Å². The van der Waals surface area contributed by atoms with Crippen molar-refractivity contribution < 1.29 is 17.9 Å². The Morgan fingerprint density at radius 2 is 2.24 bits per heavy atom. The van der Waals surface area contributed by atoms with E-state index in [-0.39, 0.29) is 17.5 Å². The zero-order valence-electron chi connectivity index (χ0n) is 11.6. The quantitative estimate of drug-likeness (QED) is 0.884. The van der Waals surface area contributed by atoms with Gasteiger partial charge in [0.1, 0.15) is 5.56 Å². The lowest BCUT2D eigenvalue weighted by Gasteiger charge is -2.13. The molecule has 0 spiro atoms. The van der Waals surface area contributed by atoms with Gasteiger partial charge in [-0.3, -0.25) is 4.79 Å². The molecule has 21 heavy (non-hydrogen) atoms. The molecule has 7 heteroatoms. The number of nitrogens with one attached hydrogen (secondary N) is 1. The molecule has 1 atom stereocenters. The van der Waals surface area contributed by atoms with Crippen LogP contribution in [0.4, 0.5) is 0 Å². The Balaban J connectivity index is 1.83. The van der Waals surface area contributed by atoms with Crippen LogP contribution >= 0.6 is 0 Å². The molecule has 6 nitrogen and oxygen atoms in total. The minimum absolute atomic E-state index is 0.0978. The lowest BCUT2D eigenvalue weighted by molar-refractivity contribution is 0.0943. The maximum atomic E-state index is 12.3. The third kappa shape index (κ3) is 2.78. The van der Waals surface area contributed by atoms with Crippen molar-refractivity contribution in [3.8, 4) is 5.88 Å². The number of amides is 1. The summed E-state index contributed by atoms with van der Waals surface area (Å²) in [6.45, 7) is 0. The highest BCUT2D eigenvalue weighted by molar-refractivity contribution is 7.94. The molecule has 0 radical (unpaired) electrons. The van der Waals surface area contributed by atoms with E-state index < -0.39 is 15.9 Å². The van der Waals surface area contributed by atoms with Gasteiger partial charge < -0.3 is 10.1 Å². The number of nitrogens with zero attached hydrogens (tertiary/aromatic N) is 1. The molecule has 1 unspecified atom stereocenters. The van der Waals surface area contributed by atoms with E-state index in [0.717, 1.165) is 35.9 Å². The van der Waals surface area contributed by atoms with Crippen LogP contribution in [0.5, 0.6) is 5.88 Å². The summed E-state index contributed by atoms with van der Waals surface area (Å²) in [6.07, 6.45) is 4.32. The van der Waals surface area contributed by atoms with Gasteiger partial charge >= 0.3 is 0 Å². The van der Waals surface area contributed by atoms with Gasteiger partial charge in [-0.2, -0.15) is 0 Å². The molecule has 1 aliphatic heterocycles. The fourth-order valence-electron chi connectivity index (χ4n) is 2.68. The van der Waals surface area contributed by atoms with Crippen LogP contribution in [0.3, 0.4) is 0 Å². The molecule has 0 bridgehead atoms. The molecule has 0 saturated carbocycles. The second kappa shape index (κ2) is 5.14. The fourth-order valence-corrected chi connectivity index (χ4v) is 3.92. The van der Waals surface area contributed by atoms with Gasteiger partial charge in [-0.15, -0.1) is 0 Å². The zero-order valence-corrected chi connectivity index (χ0v) is 12.4. The van der Waals surface area contributed by atoms with Gasteiger partial charge in [0.2, 0.25) is 5.88 Å². The number of carbonyl (C=O) groups excluding carboxylic acids is 1. The molecule has 1 amide bonds. The van der Waals surface area contributed by atoms with Crippen molar-refractivity contribution in [3.63, 3.8) is 0 Å². The van der Waals surface area contributed by atoms with Crippen LogP contribution in [0, 0.1) is 0 Å². The number of methoxy groups -OCH3 is 1. The first kappa shape index (κ1) is 14.1. The van der Waals surface area contributed by atoms with E-state index in [1.165, 1.54) is 13.2 Å². The Bertz CT molecular complexity index is 725. The fraction of sp³-hybridized carbons (Fsp3) is 0.429. The SMILES string of the molecule is COc1nc2c(cc1C(=O)NC1C=CS(=O)(=O)C1)CCC2. The van der Waals surface area contributed by atoms with Gasteiger partial charge in [0.05, 0.1) is 18.9 Å². The Kier molecular flexibility index (Phi) is 3.44. The number of hydrogen-bond donors (Lipinski definition) is 1. The Labute approximate surface area is 123 Å². The largest absolute Gasteiger partial charge is 0.480 e. The van der Waals surface area contributed by atoms with Crippen LogP contribution in [-0.4, -0.2) is 38.2 Å². The molecule has 1 aliphatic carbocycles. The van der Waals surface area contributed by atoms with Crippen molar-refractivity contribution in [2.45, 2.75) is 25.3 Å². The van der Waals surface area contributed by atoms with Gasteiger partial charge in [-0.1, -0.05) is 0 Å². The average molecular weight is 308 g/mol. The number of carbonyl (C=O) groups is 1. The molecule has 0 aromatic carbocycles. The maximum Gasteiger partial charge on any atom is 0.257 e. The van der Waals surface area contributed by atoms with E-state index in [1.54, 1.807) is 6.07 Å². The summed E-state index contributed by atoms with van der Waals surface area (Å²) in [6, 6.07) is 1.30. The number of aryl methyl sites for hydroxylation is 2. The highest BCUT2D eigenvalue weighted by Crippen LogP contribution is 2.26. The van der Waals surface area contributed by atoms with E-state index >= 15 is 0 Å². The molecular formula is C14H16N2O4S. The summed E-state index contributed by atoms with van der Waals surface area (Å²) in [5.41, 5.74) is 2.40. The zero-order chi connectivity index (χ0) is 15.0. The summed E-state index contributed by atoms with van der Waals surface area (Å²) in [5, 5.41) is 3.83. The Hall–Kier alpha value is -1.89. The third-order valence-electron chi connectivity index (χ3n) is 3.70. The molecule has 3 rings (SSSR count). The lowest BCUT2D eigenvalue weighted by atomic mass is 10.1. The van der Waals surface area contributed by atoms with E-state index in [9.17, 15) is 13.2 Å². The first-order chi connectivity index (χ1) is 9.98. The van der Waals surface area contributed by atoms with Crippen molar-refractivity contribution in [1.82, 2.24) is 10.3 Å².